The zero-order valence-electron chi connectivity index (χ0n) is 18.5. The third-order valence-corrected chi connectivity index (χ3v) is 5.55. The zero-order valence-corrected chi connectivity index (χ0v) is 18.5. The molecule has 1 aliphatic heterocycles. The lowest BCUT2D eigenvalue weighted by molar-refractivity contribution is -0.142. The Morgan fingerprint density at radius 2 is 1.61 bits per heavy atom. The molecule has 1 aliphatic rings. The minimum absolute atomic E-state index is 0.0539. The Morgan fingerprint density at radius 1 is 0.968 bits per heavy atom. The third-order valence-electron chi connectivity index (χ3n) is 5.55. The van der Waals surface area contributed by atoms with E-state index in [0.717, 1.165) is 43.1 Å². The number of nitrogens with one attached hydrogen (secondary N) is 2. The molecule has 0 aliphatic carbocycles. The first-order chi connectivity index (χ1) is 15.0. The Balaban J connectivity index is 1.52. The van der Waals surface area contributed by atoms with Gasteiger partial charge in [0, 0.05) is 37.6 Å². The van der Waals surface area contributed by atoms with Gasteiger partial charge in [0.05, 0.1) is 19.7 Å². The van der Waals surface area contributed by atoms with Crippen LogP contribution in [0.4, 0.5) is 16.2 Å². The summed E-state index contributed by atoms with van der Waals surface area (Å²) in [6.45, 7) is 7.84. The van der Waals surface area contributed by atoms with Crippen LogP contribution in [0.1, 0.15) is 25.5 Å². The van der Waals surface area contributed by atoms with Crippen LogP contribution in [0.3, 0.4) is 0 Å². The van der Waals surface area contributed by atoms with Crippen LogP contribution in [-0.2, 0) is 9.53 Å². The summed E-state index contributed by atoms with van der Waals surface area (Å²) in [7, 11) is 1.42. The molecule has 0 saturated carbocycles. The highest BCUT2D eigenvalue weighted by atomic mass is 16.5. The molecule has 1 unspecified atom stereocenters. The lowest BCUT2D eigenvalue weighted by Crippen LogP contribution is -2.48. The van der Waals surface area contributed by atoms with Gasteiger partial charge in [-0.1, -0.05) is 44.2 Å². The van der Waals surface area contributed by atoms with E-state index in [4.69, 9.17) is 4.74 Å². The van der Waals surface area contributed by atoms with Gasteiger partial charge < -0.3 is 20.3 Å². The van der Waals surface area contributed by atoms with Crippen LogP contribution >= 0.6 is 0 Å². The van der Waals surface area contributed by atoms with E-state index in [0.29, 0.717) is 6.54 Å². The molecular weight excluding hydrogens is 392 g/mol. The van der Waals surface area contributed by atoms with Crippen LogP contribution in [0.25, 0.3) is 0 Å². The molecule has 2 N–H and O–H groups in total. The maximum absolute atomic E-state index is 12.6. The number of hydrogen-bond donors (Lipinski definition) is 2. The van der Waals surface area contributed by atoms with Crippen molar-refractivity contribution in [3.05, 3.63) is 60.2 Å². The molecule has 7 nitrogen and oxygen atoms in total. The number of ether oxygens (including phenoxy) is 1. The third kappa shape index (κ3) is 6.46. The van der Waals surface area contributed by atoms with E-state index in [2.05, 4.69) is 34.3 Å². The average molecular weight is 425 g/mol. The average Bonchev–Trinajstić information content (AvgIpc) is 2.79. The molecule has 31 heavy (non-hydrogen) atoms. The molecule has 7 heteroatoms. The number of urea groups is 1. The molecular formula is C24H32N4O3. The molecule has 2 aromatic rings. The van der Waals surface area contributed by atoms with Crippen molar-refractivity contribution in [2.45, 2.75) is 19.9 Å². The molecule has 0 radical (unpaired) electrons. The molecule has 166 valence electrons. The summed E-state index contributed by atoms with van der Waals surface area (Å²) in [6.07, 6.45) is 0. The number of anilines is 2. The first-order valence-corrected chi connectivity index (χ1v) is 10.7. The van der Waals surface area contributed by atoms with E-state index in [9.17, 15) is 9.59 Å². The van der Waals surface area contributed by atoms with Crippen molar-refractivity contribution < 1.29 is 14.3 Å². The number of hydrogen-bond acceptors (Lipinski definition) is 5. The fraction of sp³-hybridized carbons (Fsp3) is 0.417. The summed E-state index contributed by atoms with van der Waals surface area (Å²) in [5, 5.41) is 6.01. The fourth-order valence-corrected chi connectivity index (χ4v) is 3.77. The van der Waals surface area contributed by atoms with Gasteiger partial charge in [-0.2, -0.15) is 0 Å². The van der Waals surface area contributed by atoms with Crippen LogP contribution in [0.15, 0.2) is 54.6 Å². The Kier molecular flexibility index (Phi) is 7.89. The van der Waals surface area contributed by atoms with Gasteiger partial charge in [0.2, 0.25) is 0 Å². The molecule has 1 heterocycles. The summed E-state index contributed by atoms with van der Waals surface area (Å²) < 4.78 is 4.74. The smallest absolute Gasteiger partial charge is 0.319 e. The highest BCUT2D eigenvalue weighted by Crippen LogP contribution is 2.22. The number of piperazine rings is 1. The zero-order chi connectivity index (χ0) is 22.2. The number of benzene rings is 2. The fourth-order valence-electron chi connectivity index (χ4n) is 3.77. The number of esters is 1. The molecule has 0 aromatic heterocycles. The van der Waals surface area contributed by atoms with Gasteiger partial charge in [-0.15, -0.1) is 0 Å². The van der Waals surface area contributed by atoms with Gasteiger partial charge in [-0.05, 0) is 35.7 Å². The second kappa shape index (κ2) is 10.8. The molecule has 0 spiro atoms. The maximum atomic E-state index is 12.6. The first-order valence-electron chi connectivity index (χ1n) is 10.7. The minimum atomic E-state index is -0.216. The van der Waals surface area contributed by atoms with E-state index in [1.807, 2.05) is 54.6 Å². The molecule has 1 atom stereocenters. The largest absolute Gasteiger partial charge is 0.468 e. The highest BCUT2D eigenvalue weighted by molar-refractivity contribution is 5.89. The van der Waals surface area contributed by atoms with Crippen LogP contribution in [0, 0.1) is 5.92 Å². The maximum Gasteiger partial charge on any atom is 0.319 e. The number of amides is 2. The molecule has 1 saturated heterocycles. The van der Waals surface area contributed by atoms with Crippen molar-refractivity contribution in [3.8, 4) is 0 Å². The second-order valence-electron chi connectivity index (χ2n) is 8.12. The quantitative estimate of drug-likeness (QED) is 0.666. The molecule has 0 bridgehead atoms. The van der Waals surface area contributed by atoms with Crippen LogP contribution in [-0.4, -0.2) is 56.7 Å². The number of carbonyl (C=O) groups excluding carboxylic acids is 2. The molecule has 3 rings (SSSR count). The molecule has 2 aromatic carbocycles. The van der Waals surface area contributed by atoms with E-state index in [1.54, 1.807) is 0 Å². The first kappa shape index (κ1) is 22.6. The van der Waals surface area contributed by atoms with Gasteiger partial charge in [-0.25, -0.2) is 4.79 Å². The van der Waals surface area contributed by atoms with E-state index in [1.165, 1.54) is 7.11 Å². The van der Waals surface area contributed by atoms with E-state index < -0.39 is 0 Å². The van der Waals surface area contributed by atoms with Gasteiger partial charge in [0.15, 0.2) is 0 Å². The van der Waals surface area contributed by atoms with Crippen molar-refractivity contribution in [2.24, 2.45) is 5.92 Å². The number of rotatable bonds is 7. The van der Waals surface area contributed by atoms with Crippen molar-refractivity contribution in [1.82, 2.24) is 10.2 Å². The van der Waals surface area contributed by atoms with Crippen molar-refractivity contribution >= 4 is 23.4 Å². The Labute approximate surface area is 184 Å². The monoisotopic (exact) mass is 424 g/mol. The van der Waals surface area contributed by atoms with E-state index in [-0.39, 0.29) is 24.0 Å². The molecule has 2 amide bonds. The Morgan fingerprint density at radius 3 is 2.19 bits per heavy atom. The summed E-state index contributed by atoms with van der Waals surface area (Å²) in [5.41, 5.74) is 2.95. The minimum Gasteiger partial charge on any atom is -0.468 e. The number of nitrogens with zero attached hydrogens (tertiary/aromatic N) is 2. The summed E-state index contributed by atoms with van der Waals surface area (Å²) >= 11 is 0. The number of carbonyl (C=O) groups is 2. The van der Waals surface area contributed by atoms with Gasteiger partial charge >= 0.3 is 12.0 Å². The van der Waals surface area contributed by atoms with Gasteiger partial charge in [0.25, 0.3) is 0 Å². The van der Waals surface area contributed by atoms with E-state index >= 15 is 0 Å². The molecule has 1 fully saturated rings. The van der Waals surface area contributed by atoms with Crippen LogP contribution < -0.4 is 15.5 Å². The highest BCUT2D eigenvalue weighted by Gasteiger charge is 2.20. The van der Waals surface area contributed by atoms with Gasteiger partial charge in [-0.3, -0.25) is 9.69 Å². The summed E-state index contributed by atoms with van der Waals surface area (Å²) in [5.74, 6) is 0.0718. The summed E-state index contributed by atoms with van der Waals surface area (Å²) in [6, 6.07) is 17.6. The normalized spacial score (nSPS) is 15.4. The van der Waals surface area contributed by atoms with Crippen molar-refractivity contribution in [2.75, 3.05) is 50.1 Å². The lowest BCUT2D eigenvalue weighted by Gasteiger charge is -2.35. The SMILES string of the molecule is COC(=O)CN1CCN(c2ccc(NC(=O)NC(c3ccccc3)C(C)C)cc2)CC1. The standard InChI is InChI=1S/C24H32N4O3/c1-18(2)23(19-7-5-4-6-8-19)26-24(30)25-20-9-11-21(12-10-20)28-15-13-27(14-16-28)17-22(29)31-3/h4-12,18,23H,13-17H2,1-3H3,(H2,25,26,30). The van der Waals surface area contributed by atoms with Crippen LogP contribution in [0.5, 0.6) is 0 Å². The van der Waals surface area contributed by atoms with Crippen molar-refractivity contribution in [1.29, 1.82) is 0 Å². The van der Waals surface area contributed by atoms with Crippen molar-refractivity contribution in [3.63, 3.8) is 0 Å². The lowest BCUT2D eigenvalue weighted by atomic mass is 9.96. The predicted octanol–water partition coefficient (Wildman–Crippen LogP) is 3.50. The Bertz CT molecular complexity index is 847. The number of methoxy groups -OCH3 is 1. The summed E-state index contributed by atoms with van der Waals surface area (Å²) in [4.78, 5) is 28.4. The second-order valence-corrected chi connectivity index (χ2v) is 8.12. The topological polar surface area (TPSA) is 73.9 Å². The predicted molar refractivity (Wildman–Crippen MR) is 123 cm³/mol. The van der Waals surface area contributed by atoms with Gasteiger partial charge in [0.1, 0.15) is 0 Å². The Hall–Kier alpha value is -3.06. The van der Waals surface area contributed by atoms with Crippen LogP contribution in [0.2, 0.25) is 0 Å².